The number of halogens is 1. The number of hydrogen-bond acceptors (Lipinski definition) is 5. The third kappa shape index (κ3) is 6.60. The van der Waals surface area contributed by atoms with Crippen LogP contribution >= 0.6 is 22.6 Å². The number of fused-ring (bicyclic) bond motifs is 1. The van der Waals surface area contributed by atoms with E-state index in [0.717, 1.165) is 14.5 Å². The molecule has 1 amide bonds. The summed E-state index contributed by atoms with van der Waals surface area (Å²) in [5.74, 6) is 1.24. The van der Waals surface area contributed by atoms with Crippen molar-refractivity contribution in [2.24, 2.45) is 0 Å². The van der Waals surface area contributed by atoms with Crippen LogP contribution in [0.15, 0.2) is 84.4 Å². The first kappa shape index (κ1) is 26.0. The van der Waals surface area contributed by atoms with Gasteiger partial charge in [0.2, 0.25) is 0 Å². The van der Waals surface area contributed by atoms with Crippen molar-refractivity contribution in [3.05, 3.63) is 99.1 Å². The van der Waals surface area contributed by atoms with Crippen molar-refractivity contribution in [2.75, 3.05) is 19.0 Å². The second-order valence-electron chi connectivity index (χ2n) is 8.09. The predicted octanol–water partition coefficient (Wildman–Crippen LogP) is 6.98. The fourth-order valence-electron chi connectivity index (χ4n) is 3.79. The lowest BCUT2D eigenvalue weighted by atomic mass is 10.1. The first-order chi connectivity index (χ1) is 18.0. The third-order valence-electron chi connectivity index (χ3n) is 5.53. The number of nitrogens with zero attached hydrogens (tertiary/aromatic N) is 1. The van der Waals surface area contributed by atoms with E-state index in [1.54, 1.807) is 37.4 Å². The van der Waals surface area contributed by atoms with Crippen LogP contribution in [0, 0.1) is 14.9 Å². The summed E-state index contributed by atoms with van der Waals surface area (Å²) in [7, 11) is 1.56. The molecule has 0 aliphatic rings. The van der Waals surface area contributed by atoms with Crippen molar-refractivity contribution in [2.45, 2.75) is 13.5 Å². The van der Waals surface area contributed by atoms with Crippen LogP contribution in [0.3, 0.4) is 0 Å². The molecule has 0 saturated carbocycles. The van der Waals surface area contributed by atoms with Gasteiger partial charge in [-0.1, -0.05) is 42.5 Å². The monoisotopic (exact) mass is 604 g/mol. The van der Waals surface area contributed by atoms with E-state index in [2.05, 4.69) is 52.2 Å². The number of carbonyl (C=O) groups is 1. The maximum Gasteiger partial charge on any atom is 0.266 e. The van der Waals surface area contributed by atoms with Crippen LogP contribution in [0.25, 0.3) is 16.8 Å². The van der Waals surface area contributed by atoms with Gasteiger partial charge >= 0.3 is 0 Å². The Labute approximate surface area is 229 Å². The molecule has 186 valence electrons. The normalized spacial score (nSPS) is 11.0. The largest absolute Gasteiger partial charge is 0.494 e. The van der Waals surface area contributed by atoms with Crippen LogP contribution < -0.4 is 19.5 Å². The molecule has 6 nitrogen and oxygen atoms in total. The number of benzene rings is 4. The first-order valence-corrected chi connectivity index (χ1v) is 12.7. The van der Waals surface area contributed by atoms with E-state index in [4.69, 9.17) is 14.2 Å². The van der Waals surface area contributed by atoms with Gasteiger partial charge in [-0.25, -0.2) is 0 Å². The minimum atomic E-state index is -0.512. The molecule has 0 radical (unpaired) electrons. The quantitative estimate of drug-likeness (QED) is 0.127. The number of nitrogens with one attached hydrogen (secondary N) is 1. The van der Waals surface area contributed by atoms with E-state index in [1.807, 2.05) is 37.3 Å². The van der Waals surface area contributed by atoms with Gasteiger partial charge in [-0.2, -0.15) is 5.26 Å². The highest BCUT2D eigenvalue weighted by Gasteiger charge is 2.15. The highest BCUT2D eigenvalue weighted by atomic mass is 127. The summed E-state index contributed by atoms with van der Waals surface area (Å²) >= 11 is 2.17. The summed E-state index contributed by atoms with van der Waals surface area (Å²) in [6, 6.07) is 27.0. The lowest BCUT2D eigenvalue weighted by Crippen LogP contribution is -2.13. The molecule has 4 aromatic carbocycles. The molecular weight excluding hydrogens is 579 g/mol. The smallest absolute Gasteiger partial charge is 0.266 e. The van der Waals surface area contributed by atoms with E-state index in [-0.39, 0.29) is 5.57 Å². The van der Waals surface area contributed by atoms with Crippen molar-refractivity contribution in [1.82, 2.24) is 0 Å². The number of hydrogen-bond donors (Lipinski definition) is 1. The van der Waals surface area contributed by atoms with Gasteiger partial charge in [0.1, 0.15) is 24.0 Å². The van der Waals surface area contributed by atoms with E-state index < -0.39 is 5.91 Å². The molecular formula is C30H25IN2O4. The fourth-order valence-corrected chi connectivity index (χ4v) is 4.57. The molecule has 0 bridgehead atoms. The van der Waals surface area contributed by atoms with Crippen LogP contribution in [0.1, 0.15) is 18.1 Å². The minimum absolute atomic E-state index is 0.0375. The number of carbonyl (C=O) groups excluding carboxylic acids is 1. The molecule has 4 aromatic rings. The van der Waals surface area contributed by atoms with Gasteiger partial charge < -0.3 is 19.5 Å². The number of methoxy groups -OCH3 is 1. The summed E-state index contributed by atoms with van der Waals surface area (Å²) in [5.41, 5.74) is 2.19. The van der Waals surface area contributed by atoms with E-state index in [9.17, 15) is 10.1 Å². The van der Waals surface area contributed by atoms with Crippen molar-refractivity contribution in [3.63, 3.8) is 0 Å². The topological polar surface area (TPSA) is 80.6 Å². The molecule has 0 heterocycles. The summed E-state index contributed by atoms with van der Waals surface area (Å²) in [5, 5.41) is 14.7. The molecule has 7 heteroatoms. The zero-order valence-electron chi connectivity index (χ0n) is 20.5. The highest BCUT2D eigenvalue weighted by Crippen LogP contribution is 2.35. The Morgan fingerprint density at radius 2 is 1.81 bits per heavy atom. The standard InChI is InChI=1S/C30H25IN2O4/c1-3-36-26-10-6-9-25(17-26)33-30(34)24(18-32)14-21-15-27(31)29(28(16-21)35-2)37-19-20-11-12-22-7-4-5-8-23(22)13-20/h4-17H,3,19H2,1-2H3,(H,33,34)/b24-14-. The SMILES string of the molecule is CCOc1cccc(NC(=O)/C(C#N)=C\c2cc(I)c(OCc3ccc4ccccc4c3)c(OC)c2)c1. The van der Waals surface area contributed by atoms with E-state index in [1.165, 1.54) is 11.5 Å². The summed E-state index contributed by atoms with van der Waals surface area (Å²) < 4.78 is 18.0. The zero-order chi connectivity index (χ0) is 26.2. The predicted molar refractivity (Wildman–Crippen MR) is 154 cm³/mol. The third-order valence-corrected chi connectivity index (χ3v) is 6.33. The second-order valence-corrected chi connectivity index (χ2v) is 9.25. The summed E-state index contributed by atoms with van der Waals surface area (Å²) in [4.78, 5) is 12.8. The summed E-state index contributed by atoms with van der Waals surface area (Å²) in [6.45, 7) is 2.78. The maximum absolute atomic E-state index is 12.8. The zero-order valence-corrected chi connectivity index (χ0v) is 22.6. The highest BCUT2D eigenvalue weighted by molar-refractivity contribution is 14.1. The molecule has 0 aliphatic carbocycles. The molecule has 0 spiro atoms. The molecule has 0 atom stereocenters. The van der Waals surface area contributed by atoms with Crippen LogP contribution in [0.4, 0.5) is 5.69 Å². The average Bonchev–Trinajstić information content (AvgIpc) is 2.91. The fraction of sp³-hybridized carbons (Fsp3) is 0.133. The van der Waals surface area contributed by atoms with E-state index in [0.29, 0.717) is 41.7 Å². The molecule has 0 saturated heterocycles. The lowest BCUT2D eigenvalue weighted by molar-refractivity contribution is -0.112. The second kappa shape index (κ2) is 12.3. The van der Waals surface area contributed by atoms with Crippen molar-refractivity contribution < 1.29 is 19.0 Å². The Morgan fingerprint density at radius 3 is 2.57 bits per heavy atom. The number of rotatable bonds is 9. The first-order valence-electron chi connectivity index (χ1n) is 11.6. The Bertz CT molecular complexity index is 1510. The number of ether oxygens (including phenoxy) is 3. The molecule has 37 heavy (non-hydrogen) atoms. The number of nitriles is 1. The van der Waals surface area contributed by atoms with E-state index >= 15 is 0 Å². The number of amides is 1. The average molecular weight is 604 g/mol. The van der Waals surface area contributed by atoms with Crippen LogP contribution in [-0.4, -0.2) is 19.6 Å². The molecule has 4 rings (SSSR count). The van der Waals surface area contributed by atoms with Crippen molar-refractivity contribution in [3.8, 4) is 23.3 Å². The Kier molecular flexibility index (Phi) is 8.64. The van der Waals surface area contributed by atoms with Crippen LogP contribution in [0.5, 0.6) is 17.2 Å². The maximum atomic E-state index is 12.8. The van der Waals surface area contributed by atoms with Crippen LogP contribution in [0.2, 0.25) is 0 Å². The lowest BCUT2D eigenvalue weighted by Gasteiger charge is -2.14. The Morgan fingerprint density at radius 1 is 1.00 bits per heavy atom. The number of anilines is 1. The van der Waals surface area contributed by atoms with Crippen molar-refractivity contribution >= 4 is 51.0 Å². The van der Waals surface area contributed by atoms with Crippen LogP contribution in [-0.2, 0) is 11.4 Å². The Hall–Kier alpha value is -4.03. The molecule has 0 unspecified atom stereocenters. The van der Waals surface area contributed by atoms with Gasteiger partial charge in [0, 0.05) is 11.8 Å². The van der Waals surface area contributed by atoms with Gasteiger partial charge in [0.25, 0.3) is 5.91 Å². The van der Waals surface area contributed by atoms with Gasteiger partial charge in [-0.15, -0.1) is 0 Å². The summed E-state index contributed by atoms with van der Waals surface area (Å²) in [6.07, 6.45) is 1.53. The van der Waals surface area contributed by atoms with Gasteiger partial charge in [-0.05, 0) is 87.8 Å². The van der Waals surface area contributed by atoms with Gasteiger partial charge in [-0.3, -0.25) is 4.79 Å². The minimum Gasteiger partial charge on any atom is -0.494 e. The van der Waals surface area contributed by atoms with Gasteiger partial charge in [0.05, 0.1) is 17.3 Å². The Balaban J connectivity index is 1.52. The van der Waals surface area contributed by atoms with Crippen molar-refractivity contribution in [1.29, 1.82) is 5.26 Å². The molecule has 1 N–H and O–H groups in total. The van der Waals surface area contributed by atoms with Gasteiger partial charge in [0.15, 0.2) is 11.5 Å². The molecule has 0 fully saturated rings. The molecule has 0 aromatic heterocycles. The molecule has 0 aliphatic heterocycles.